The summed E-state index contributed by atoms with van der Waals surface area (Å²) in [5, 5.41) is 2.86. The topological polar surface area (TPSA) is 77.5 Å². The Bertz CT molecular complexity index is 932. The molecule has 0 atom stereocenters. The van der Waals surface area contributed by atoms with Crippen LogP contribution in [0.25, 0.3) is 17.2 Å². The molecule has 1 heterocycles. The highest BCUT2D eigenvalue weighted by atomic mass is 16.5. The molecular weight excluding hydrogens is 356 g/mol. The van der Waals surface area contributed by atoms with Gasteiger partial charge in [0.25, 0.3) is 5.91 Å². The number of benzene rings is 1. The van der Waals surface area contributed by atoms with Gasteiger partial charge in [0, 0.05) is 17.7 Å². The van der Waals surface area contributed by atoms with Crippen LogP contribution in [0, 0.1) is 12.8 Å². The number of amides is 1. The lowest BCUT2D eigenvalue weighted by Crippen LogP contribution is -2.27. The second-order valence-corrected chi connectivity index (χ2v) is 6.85. The van der Waals surface area contributed by atoms with E-state index < -0.39 is 5.97 Å². The normalized spacial score (nSPS) is 13.0. The van der Waals surface area contributed by atoms with Crippen LogP contribution in [0.2, 0.25) is 0 Å². The molecule has 1 aromatic carbocycles. The summed E-state index contributed by atoms with van der Waals surface area (Å²) in [6.45, 7) is 6.36. The fraction of sp³-hybridized carbons (Fsp3) is 0.318. The van der Waals surface area contributed by atoms with Crippen molar-refractivity contribution in [1.82, 2.24) is 10.3 Å². The van der Waals surface area contributed by atoms with E-state index in [1.165, 1.54) is 7.11 Å². The second kappa shape index (κ2) is 8.25. The van der Waals surface area contributed by atoms with Gasteiger partial charge in [0.05, 0.1) is 14.2 Å². The third-order valence-electron chi connectivity index (χ3n) is 4.84. The van der Waals surface area contributed by atoms with Crippen LogP contribution in [-0.2, 0) is 4.74 Å². The van der Waals surface area contributed by atoms with E-state index >= 15 is 0 Å². The summed E-state index contributed by atoms with van der Waals surface area (Å²) in [6, 6.07) is 7.11. The number of methoxy groups -OCH3 is 2. The zero-order valence-electron chi connectivity index (χ0n) is 16.4. The maximum absolute atomic E-state index is 12.4. The van der Waals surface area contributed by atoms with Gasteiger partial charge >= 0.3 is 5.97 Å². The van der Waals surface area contributed by atoms with Crippen molar-refractivity contribution < 1.29 is 19.1 Å². The lowest BCUT2D eigenvalue weighted by Gasteiger charge is -2.15. The van der Waals surface area contributed by atoms with E-state index in [2.05, 4.69) is 16.9 Å². The van der Waals surface area contributed by atoms with Gasteiger partial charge in [-0.2, -0.15) is 0 Å². The quantitative estimate of drug-likeness (QED) is 0.742. The van der Waals surface area contributed by atoms with Gasteiger partial charge in [-0.1, -0.05) is 12.7 Å². The van der Waals surface area contributed by atoms with E-state index in [-0.39, 0.29) is 17.3 Å². The molecule has 0 radical (unpaired) electrons. The van der Waals surface area contributed by atoms with Crippen molar-refractivity contribution in [3.63, 3.8) is 0 Å². The van der Waals surface area contributed by atoms with Crippen LogP contribution in [0.3, 0.4) is 0 Å². The lowest BCUT2D eigenvalue weighted by molar-refractivity contribution is 0.0595. The second-order valence-electron chi connectivity index (χ2n) is 6.85. The summed E-state index contributed by atoms with van der Waals surface area (Å²) >= 11 is 0. The van der Waals surface area contributed by atoms with Crippen LogP contribution >= 0.6 is 0 Å². The SMILES string of the molecule is C=Cc1cc(C)c(-c2ccc(C(=O)NCC3CC3)nc2C(=O)OC)cc1OC. The third-order valence-corrected chi connectivity index (χ3v) is 4.84. The number of pyridine rings is 1. The van der Waals surface area contributed by atoms with E-state index in [4.69, 9.17) is 9.47 Å². The minimum absolute atomic E-state index is 0.0954. The van der Waals surface area contributed by atoms with Crippen LogP contribution in [0.15, 0.2) is 30.8 Å². The molecule has 1 fully saturated rings. The number of aryl methyl sites for hydroxylation is 1. The molecule has 0 aliphatic heterocycles. The molecule has 1 saturated carbocycles. The highest BCUT2D eigenvalue weighted by Crippen LogP contribution is 2.33. The molecule has 0 bridgehead atoms. The van der Waals surface area contributed by atoms with Crippen LogP contribution in [0.4, 0.5) is 0 Å². The Morgan fingerprint density at radius 2 is 2.00 bits per heavy atom. The van der Waals surface area contributed by atoms with Gasteiger partial charge in [0.15, 0.2) is 5.69 Å². The molecule has 1 aromatic heterocycles. The largest absolute Gasteiger partial charge is 0.496 e. The third kappa shape index (κ3) is 4.06. The number of hydrogen-bond acceptors (Lipinski definition) is 5. The Morgan fingerprint density at radius 1 is 1.25 bits per heavy atom. The summed E-state index contributed by atoms with van der Waals surface area (Å²) in [5.74, 6) is 0.303. The van der Waals surface area contributed by atoms with Crippen LogP contribution in [-0.4, -0.2) is 37.6 Å². The maximum atomic E-state index is 12.4. The van der Waals surface area contributed by atoms with Crippen LogP contribution in [0.1, 0.15) is 44.9 Å². The van der Waals surface area contributed by atoms with Gasteiger partial charge in [-0.25, -0.2) is 9.78 Å². The zero-order valence-corrected chi connectivity index (χ0v) is 16.4. The number of carbonyl (C=O) groups excluding carboxylic acids is 2. The molecule has 2 aromatic rings. The van der Waals surface area contributed by atoms with Crippen molar-refractivity contribution in [2.24, 2.45) is 5.92 Å². The summed E-state index contributed by atoms with van der Waals surface area (Å²) in [7, 11) is 2.87. The van der Waals surface area contributed by atoms with E-state index in [1.54, 1.807) is 25.3 Å². The van der Waals surface area contributed by atoms with E-state index in [0.29, 0.717) is 23.8 Å². The molecule has 1 amide bonds. The Balaban J connectivity index is 2.03. The van der Waals surface area contributed by atoms with Gasteiger partial charge in [-0.05, 0) is 61.1 Å². The first-order chi connectivity index (χ1) is 13.5. The van der Waals surface area contributed by atoms with Crippen LogP contribution < -0.4 is 10.1 Å². The monoisotopic (exact) mass is 380 g/mol. The standard InChI is InChI=1S/C22H24N2O4/c1-5-15-10-13(2)17(11-19(15)27-3)16-8-9-18(24-20(16)22(26)28-4)21(25)23-12-14-6-7-14/h5,8-11,14H,1,6-7,12H2,2-4H3,(H,23,25). The first-order valence-corrected chi connectivity index (χ1v) is 9.17. The van der Waals surface area contributed by atoms with E-state index in [1.807, 2.05) is 19.1 Å². The predicted octanol–water partition coefficient (Wildman–Crippen LogP) is 3.64. The fourth-order valence-corrected chi connectivity index (χ4v) is 3.04. The van der Waals surface area contributed by atoms with Gasteiger partial charge in [-0.15, -0.1) is 0 Å². The smallest absolute Gasteiger partial charge is 0.357 e. The number of rotatable bonds is 7. The number of hydrogen-bond donors (Lipinski definition) is 1. The first kappa shape index (κ1) is 19.6. The molecular formula is C22H24N2O4. The lowest BCUT2D eigenvalue weighted by atomic mass is 9.96. The first-order valence-electron chi connectivity index (χ1n) is 9.17. The van der Waals surface area contributed by atoms with Crippen LogP contribution in [0.5, 0.6) is 5.75 Å². The molecule has 3 rings (SSSR count). The van der Waals surface area contributed by atoms with E-state index in [9.17, 15) is 9.59 Å². The van der Waals surface area contributed by atoms with Gasteiger partial charge < -0.3 is 14.8 Å². The summed E-state index contributed by atoms with van der Waals surface area (Å²) in [4.78, 5) is 29.1. The number of nitrogens with one attached hydrogen (secondary N) is 1. The molecule has 28 heavy (non-hydrogen) atoms. The van der Waals surface area contributed by atoms with Gasteiger partial charge in [-0.3, -0.25) is 4.79 Å². The molecule has 146 valence electrons. The number of ether oxygens (including phenoxy) is 2. The molecule has 1 aliphatic rings. The summed E-state index contributed by atoms with van der Waals surface area (Å²) < 4.78 is 10.3. The summed E-state index contributed by atoms with van der Waals surface area (Å²) in [6.07, 6.45) is 3.99. The minimum atomic E-state index is -0.599. The fourth-order valence-electron chi connectivity index (χ4n) is 3.04. The number of aromatic nitrogens is 1. The van der Waals surface area contributed by atoms with Crippen molar-refractivity contribution in [2.75, 3.05) is 20.8 Å². The van der Waals surface area contributed by atoms with Gasteiger partial charge in [0.2, 0.25) is 0 Å². The van der Waals surface area contributed by atoms with Crippen molar-refractivity contribution in [3.05, 3.63) is 53.4 Å². The van der Waals surface area contributed by atoms with Crippen molar-refractivity contribution >= 4 is 18.0 Å². The molecule has 1 N–H and O–H groups in total. The minimum Gasteiger partial charge on any atom is -0.496 e. The molecule has 1 aliphatic carbocycles. The predicted molar refractivity (Wildman–Crippen MR) is 107 cm³/mol. The molecule has 6 nitrogen and oxygen atoms in total. The number of esters is 1. The number of nitrogens with zero attached hydrogens (tertiary/aromatic N) is 1. The highest BCUT2D eigenvalue weighted by molar-refractivity contribution is 5.99. The molecule has 0 unspecified atom stereocenters. The highest BCUT2D eigenvalue weighted by Gasteiger charge is 2.24. The maximum Gasteiger partial charge on any atom is 0.357 e. The molecule has 0 spiro atoms. The van der Waals surface area contributed by atoms with E-state index in [0.717, 1.165) is 29.5 Å². The van der Waals surface area contributed by atoms with Crippen molar-refractivity contribution in [2.45, 2.75) is 19.8 Å². The zero-order chi connectivity index (χ0) is 20.3. The average molecular weight is 380 g/mol. The van der Waals surface area contributed by atoms with Crippen molar-refractivity contribution in [3.8, 4) is 16.9 Å². The molecule has 0 saturated heterocycles. The Kier molecular flexibility index (Phi) is 5.78. The Hall–Kier alpha value is -3.15. The Labute approximate surface area is 164 Å². The number of carbonyl (C=O) groups is 2. The average Bonchev–Trinajstić information content (AvgIpc) is 3.55. The summed E-state index contributed by atoms with van der Waals surface area (Å²) in [5.41, 5.74) is 3.42. The van der Waals surface area contributed by atoms with Gasteiger partial charge in [0.1, 0.15) is 11.4 Å². The molecule has 6 heteroatoms. The Morgan fingerprint density at radius 3 is 2.61 bits per heavy atom. The van der Waals surface area contributed by atoms with Crippen molar-refractivity contribution in [1.29, 1.82) is 0 Å².